The predicted octanol–water partition coefficient (Wildman–Crippen LogP) is 2.24. The lowest BCUT2D eigenvalue weighted by Gasteiger charge is -2.11. The van der Waals surface area contributed by atoms with Crippen LogP contribution >= 0.6 is 24.0 Å². The normalized spacial score (nSPS) is 11.2. The molecule has 2 aromatic heterocycles. The van der Waals surface area contributed by atoms with E-state index in [2.05, 4.69) is 59.5 Å². The van der Waals surface area contributed by atoms with Gasteiger partial charge in [-0.2, -0.15) is 5.10 Å². The Morgan fingerprint density at radius 1 is 1.18 bits per heavy atom. The highest BCUT2D eigenvalue weighted by molar-refractivity contribution is 14.0. The van der Waals surface area contributed by atoms with Crippen molar-refractivity contribution in [1.29, 1.82) is 0 Å². The number of nitrogens with zero attached hydrogens (tertiary/aromatic N) is 6. The van der Waals surface area contributed by atoms with Gasteiger partial charge in [0.2, 0.25) is 0 Å². The van der Waals surface area contributed by atoms with Gasteiger partial charge in [0.15, 0.2) is 5.96 Å². The summed E-state index contributed by atoms with van der Waals surface area (Å²) in [5, 5.41) is 10.6. The van der Waals surface area contributed by atoms with Gasteiger partial charge in [-0.05, 0) is 25.0 Å². The summed E-state index contributed by atoms with van der Waals surface area (Å²) in [6.07, 6.45) is 5.38. The van der Waals surface area contributed by atoms with Crippen LogP contribution < -0.4 is 10.6 Å². The number of hydrogen-bond donors (Lipinski definition) is 2. The molecule has 9 heteroatoms. The first kappa shape index (κ1) is 21.9. The Balaban J connectivity index is 0.00000280. The standard InChI is InChI=1S/C19H26N8.HI/c1-4-20-19(23-12-18-24-14-25-26(18)3)22-11-16-6-5-7-17(10-16)13-27-9-8-21-15(27)2;/h5-10,14H,4,11-13H2,1-3H3,(H2,20,22,23);1H. The zero-order valence-corrected chi connectivity index (χ0v) is 18.8. The molecule has 1 aromatic carbocycles. The number of guanidine groups is 1. The Hall–Kier alpha value is -2.43. The summed E-state index contributed by atoms with van der Waals surface area (Å²) < 4.78 is 3.88. The fourth-order valence-corrected chi connectivity index (χ4v) is 2.75. The van der Waals surface area contributed by atoms with E-state index in [1.165, 1.54) is 11.1 Å². The van der Waals surface area contributed by atoms with Gasteiger partial charge in [0, 0.05) is 32.5 Å². The fraction of sp³-hybridized carbons (Fsp3) is 0.368. The van der Waals surface area contributed by atoms with Crippen LogP contribution in [0.1, 0.15) is 29.7 Å². The van der Waals surface area contributed by atoms with Crippen LogP contribution in [-0.2, 0) is 26.7 Å². The molecule has 0 unspecified atom stereocenters. The van der Waals surface area contributed by atoms with Crippen LogP contribution in [0.3, 0.4) is 0 Å². The number of hydrogen-bond acceptors (Lipinski definition) is 4. The van der Waals surface area contributed by atoms with Crippen LogP contribution in [-0.4, -0.2) is 36.8 Å². The molecule has 8 nitrogen and oxygen atoms in total. The van der Waals surface area contributed by atoms with E-state index >= 15 is 0 Å². The van der Waals surface area contributed by atoms with E-state index in [0.29, 0.717) is 13.1 Å². The summed E-state index contributed by atoms with van der Waals surface area (Å²) in [4.78, 5) is 13.2. The SMILES string of the molecule is CCNC(=NCc1cccc(Cn2ccnc2C)c1)NCc1ncnn1C.I. The van der Waals surface area contributed by atoms with Gasteiger partial charge in [-0.1, -0.05) is 24.3 Å². The fourth-order valence-electron chi connectivity index (χ4n) is 2.75. The Morgan fingerprint density at radius 3 is 2.68 bits per heavy atom. The molecule has 0 atom stereocenters. The van der Waals surface area contributed by atoms with E-state index in [4.69, 9.17) is 0 Å². The number of halogens is 1. The molecule has 0 aliphatic heterocycles. The minimum atomic E-state index is 0. The number of rotatable bonds is 7. The molecule has 0 radical (unpaired) electrons. The molecule has 0 aliphatic carbocycles. The van der Waals surface area contributed by atoms with Gasteiger partial charge in [-0.15, -0.1) is 24.0 Å². The average molecular weight is 494 g/mol. The van der Waals surface area contributed by atoms with E-state index in [9.17, 15) is 0 Å². The predicted molar refractivity (Wildman–Crippen MR) is 121 cm³/mol. The number of benzene rings is 1. The monoisotopic (exact) mass is 494 g/mol. The van der Waals surface area contributed by atoms with E-state index < -0.39 is 0 Å². The second kappa shape index (κ2) is 10.8. The molecule has 150 valence electrons. The van der Waals surface area contributed by atoms with Crippen LogP contribution in [0, 0.1) is 6.92 Å². The van der Waals surface area contributed by atoms with Gasteiger partial charge in [-0.25, -0.2) is 15.0 Å². The highest BCUT2D eigenvalue weighted by Crippen LogP contribution is 2.09. The number of aliphatic imine (C=N–C) groups is 1. The van der Waals surface area contributed by atoms with Crippen molar-refractivity contribution < 1.29 is 0 Å². The van der Waals surface area contributed by atoms with Crippen LogP contribution in [0.4, 0.5) is 0 Å². The summed E-state index contributed by atoms with van der Waals surface area (Å²) in [7, 11) is 1.88. The third kappa shape index (κ3) is 6.04. The molecule has 0 saturated carbocycles. The zero-order valence-electron chi connectivity index (χ0n) is 16.5. The van der Waals surface area contributed by atoms with Crippen molar-refractivity contribution in [3.05, 3.63) is 65.8 Å². The lowest BCUT2D eigenvalue weighted by Crippen LogP contribution is -2.37. The summed E-state index contributed by atoms with van der Waals surface area (Å²) >= 11 is 0. The first-order valence-electron chi connectivity index (χ1n) is 9.06. The smallest absolute Gasteiger partial charge is 0.191 e. The van der Waals surface area contributed by atoms with Gasteiger partial charge in [-0.3, -0.25) is 4.68 Å². The molecule has 3 aromatic rings. The molecule has 0 fully saturated rings. The largest absolute Gasteiger partial charge is 0.357 e. The summed E-state index contributed by atoms with van der Waals surface area (Å²) in [6, 6.07) is 8.49. The van der Waals surface area contributed by atoms with Gasteiger partial charge in [0.25, 0.3) is 0 Å². The van der Waals surface area contributed by atoms with E-state index in [-0.39, 0.29) is 24.0 Å². The Labute approximate surface area is 182 Å². The molecular formula is C19H27IN8. The molecule has 3 rings (SSSR count). The third-order valence-corrected chi connectivity index (χ3v) is 4.25. The molecule has 2 heterocycles. The first-order valence-corrected chi connectivity index (χ1v) is 9.06. The minimum Gasteiger partial charge on any atom is -0.357 e. The summed E-state index contributed by atoms with van der Waals surface area (Å²) in [5.41, 5.74) is 2.40. The molecule has 28 heavy (non-hydrogen) atoms. The molecular weight excluding hydrogens is 467 g/mol. The van der Waals surface area contributed by atoms with Crippen molar-refractivity contribution in [1.82, 2.24) is 34.9 Å². The van der Waals surface area contributed by atoms with E-state index in [1.54, 1.807) is 11.0 Å². The number of aromatic nitrogens is 5. The maximum atomic E-state index is 4.69. The summed E-state index contributed by atoms with van der Waals surface area (Å²) in [6.45, 7) is 6.85. The Kier molecular flexibility index (Phi) is 8.42. The molecule has 0 saturated heterocycles. The van der Waals surface area contributed by atoms with Crippen LogP contribution in [0.5, 0.6) is 0 Å². The molecule has 0 aliphatic rings. The number of aryl methyl sites for hydroxylation is 2. The van der Waals surface area contributed by atoms with Crippen molar-refractivity contribution >= 4 is 29.9 Å². The van der Waals surface area contributed by atoms with E-state index in [0.717, 1.165) is 30.7 Å². The lowest BCUT2D eigenvalue weighted by atomic mass is 10.1. The van der Waals surface area contributed by atoms with Crippen LogP contribution in [0.25, 0.3) is 0 Å². The maximum absolute atomic E-state index is 4.69. The highest BCUT2D eigenvalue weighted by atomic mass is 127. The Bertz CT molecular complexity index is 899. The van der Waals surface area contributed by atoms with Gasteiger partial charge in [0.05, 0.1) is 13.1 Å². The van der Waals surface area contributed by atoms with Crippen molar-refractivity contribution in [2.24, 2.45) is 12.0 Å². The topological polar surface area (TPSA) is 84.9 Å². The second-order valence-electron chi connectivity index (χ2n) is 6.27. The van der Waals surface area contributed by atoms with Crippen LogP contribution in [0.15, 0.2) is 48.0 Å². The molecule has 0 spiro atoms. The quantitative estimate of drug-likeness (QED) is 0.299. The van der Waals surface area contributed by atoms with Gasteiger partial charge in [0.1, 0.15) is 18.0 Å². The number of imidazole rings is 1. The number of nitrogens with one attached hydrogen (secondary N) is 2. The van der Waals surface area contributed by atoms with Crippen molar-refractivity contribution in [3.63, 3.8) is 0 Å². The highest BCUT2D eigenvalue weighted by Gasteiger charge is 2.04. The lowest BCUT2D eigenvalue weighted by molar-refractivity contribution is 0.673. The van der Waals surface area contributed by atoms with Crippen molar-refractivity contribution in [3.8, 4) is 0 Å². The zero-order chi connectivity index (χ0) is 19.1. The van der Waals surface area contributed by atoms with Crippen molar-refractivity contribution in [2.45, 2.75) is 33.5 Å². The third-order valence-electron chi connectivity index (χ3n) is 4.25. The average Bonchev–Trinajstić information content (AvgIpc) is 3.26. The minimum absolute atomic E-state index is 0. The molecule has 0 amide bonds. The van der Waals surface area contributed by atoms with E-state index in [1.807, 2.05) is 33.3 Å². The Morgan fingerprint density at radius 2 is 2.00 bits per heavy atom. The molecule has 0 bridgehead atoms. The molecule has 2 N–H and O–H groups in total. The second-order valence-corrected chi connectivity index (χ2v) is 6.27. The van der Waals surface area contributed by atoms with Crippen LogP contribution in [0.2, 0.25) is 0 Å². The summed E-state index contributed by atoms with van der Waals surface area (Å²) in [5.74, 6) is 2.63. The first-order chi connectivity index (χ1) is 13.2. The van der Waals surface area contributed by atoms with Gasteiger partial charge >= 0.3 is 0 Å². The van der Waals surface area contributed by atoms with Crippen molar-refractivity contribution in [2.75, 3.05) is 6.54 Å². The maximum Gasteiger partial charge on any atom is 0.191 e. The van der Waals surface area contributed by atoms with Gasteiger partial charge < -0.3 is 15.2 Å².